The topological polar surface area (TPSA) is 112 Å². The highest BCUT2D eigenvalue weighted by Gasteiger charge is 2.86. The van der Waals surface area contributed by atoms with Crippen molar-refractivity contribution in [2.45, 2.75) is 141 Å². The smallest absolute Gasteiger partial charge is 0.251 e. The summed E-state index contributed by atoms with van der Waals surface area (Å²) in [6.45, 7) is 17.7. The minimum atomic E-state index is -1.72. The first-order chi connectivity index (χ1) is 22.4. The van der Waals surface area contributed by atoms with Crippen LogP contribution in [0.1, 0.15) is 123 Å². The van der Waals surface area contributed by atoms with Crippen LogP contribution < -0.4 is 9.47 Å². The van der Waals surface area contributed by atoms with Crippen LogP contribution in [0.2, 0.25) is 0 Å². The molecular formula is C40H52O8. The molecule has 1 aromatic carbocycles. The van der Waals surface area contributed by atoms with Crippen LogP contribution in [-0.4, -0.2) is 64.5 Å². The van der Waals surface area contributed by atoms with Crippen LogP contribution in [-0.2, 0) is 24.5 Å². The Morgan fingerprint density at radius 1 is 0.792 bits per heavy atom. The highest BCUT2D eigenvalue weighted by atomic mass is 16.6. The number of carbonyl (C=O) groups excluding carboxylic acids is 2. The summed E-state index contributed by atoms with van der Waals surface area (Å²) in [6, 6.07) is 2.24. The molecule has 8 heteroatoms. The van der Waals surface area contributed by atoms with E-state index in [4.69, 9.17) is 18.9 Å². The lowest BCUT2D eigenvalue weighted by Crippen LogP contribution is -2.89. The number of hydrogen-bond acceptors (Lipinski definition) is 8. The second-order valence-corrected chi connectivity index (χ2v) is 18.9. The number of ether oxygens (including phenoxy) is 4. The van der Waals surface area contributed by atoms with Gasteiger partial charge in [0.25, 0.3) is 5.78 Å². The van der Waals surface area contributed by atoms with E-state index in [0.29, 0.717) is 49.4 Å². The minimum absolute atomic E-state index is 0.0404. The molecule has 10 atom stereocenters. The molecule has 0 amide bonds. The van der Waals surface area contributed by atoms with Crippen molar-refractivity contribution >= 4 is 11.6 Å². The summed E-state index contributed by atoms with van der Waals surface area (Å²) in [7, 11) is 0. The number of benzene rings is 1. The molecule has 48 heavy (non-hydrogen) atoms. The molecule has 2 unspecified atom stereocenters. The first-order valence-electron chi connectivity index (χ1n) is 18.5. The third-order valence-electron chi connectivity index (χ3n) is 14.7. The van der Waals surface area contributed by atoms with Gasteiger partial charge in [0.1, 0.15) is 6.10 Å². The maximum atomic E-state index is 15.4. The van der Waals surface area contributed by atoms with Crippen molar-refractivity contribution < 1.29 is 38.7 Å². The number of ketones is 2. The fourth-order valence-electron chi connectivity index (χ4n) is 13.1. The minimum Gasteiger partial charge on any atom is -0.471 e. The van der Waals surface area contributed by atoms with E-state index in [9.17, 15) is 15.0 Å². The van der Waals surface area contributed by atoms with Crippen LogP contribution in [0.4, 0.5) is 0 Å². The van der Waals surface area contributed by atoms with Crippen molar-refractivity contribution in [1.82, 2.24) is 0 Å². The Morgan fingerprint density at radius 2 is 1.48 bits per heavy atom. The lowest BCUT2D eigenvalue weighted by molar-refractivity contribution is -0.346. The fraction of sp³-hybridized carbons (Fsp3) is 0.750. The first kappa shape index (κ1) is 31.7. The molecule has 260 valence electrons. The largest absolute Gasteiger partial charge is 0.471 e. The van der Waals surface area contributed by atoms with E-state index in [1.165, 1.54) is 0 Å². The average molecular weight is 661 g/mol. The number of Topliss-reactive ketones (excluding diaryl/α,β-unsaturated/α-hetero) is 2. The van der Waals surface area contributed by atoms with Gasteiger partial charge < -0.3 is 29.2 Å². The van der Waals surface area contributed by atoms with Crippen LogP contribution >= 0.6 is 0 Å². The molecule has 2 spiro atoms. The highest BCUT2D eigenvalue weighted by Crippen LogP contribution is 2.74. The van der Waals surface area contributed by atoms with Gasteiger partial charge in [0.2, 0.25) is 17.0 Å². The molecule has 6 fully saturated rings. The van der Waals surface area contributed by atoms with Crippen LogP contribution in [0, 0.1) is 34.0 Å². The Bertz CT molecular complexity index is 1690. The maximum absolute atomic E-state index is 15.4. The average Bonchev–Trinajstić information content (AvgIpc) is 2.99. The molecular weight excluding hydrogens is 608 g/mol. The first-order valence-corrected chi connectivity index (χ1v) is 18.5. The molecule has 3 saturated carbocycles. The Kier molecular flexibility index (Phi) is 6.17. The molecule has 5 aliphatic heterocycles. The summed E-state index contributed by atoms with van der Waals surface area (Å²) in [5.74, 6) is 0.140. The summed E-state index contributed by atoms with van der Waals surface area (Å²) in [6.07, 6.45) is 3.69. The number of hydrogen-bond donors (Lipinski definition) is 2. The van der Waals surface area contributed by atoms with Crippen molar-refractivity contribution in [3.63, 3.8) is 0 Å². The second-order valence-electron chi connectivity index (χ2n) is 18.9. The third kappa shape index (κ3) is 3.42. The predicted octanol–water partition coefficient (Wildman–Crippen LogP) is 5.89. The Morgan fingerprint density at radius 3 is 2.17 bits per heavy atom. The molecule has 5 heterocycles. The Hall–Kier alpha value is -2.26. The summed E-state index contributed by atoms with van der Waals surface area (Å²) in [5.41, 5.74) is -1.65. The standard InChI is InChI=1S/C40H52O8/c1-19(2)23-9-24-26-10-27-35(5,6)12-21(41)14-37(27,17-45-26)30(24)33-32(23)47-39-16-25(20(3)4)31(43)34(44)40(39,48-33)38-15-22(42)13-36(7,8)28(38)11-29(39)46-18-38/h9,16,19-22,26-29,41-42H,10-15,17-18H2,1-8H3/t21-,22-,26?,27-,28-,29?,37+,38+,39+,40-/m0/s1. The van der Waals surface area contributed by atoms with Gasteiger partial charge in [0.15, 0.2) is 11.5 Å². The number of aliphatic hydroxyl groups excluding tert-OH is 2. The summed E-state index contributed by atoms with van der Waals surface area (Å²) in [4.78, 5) is 29.8. The quantitative estimate of drug-likeness (QED) is 0.378. The van der Waals surface area contributed by atoms with Crippen molar-refractivity contribution in [2.24, 2.45) is 34.0 Å². The molecule has 1 aromatic rings. The van der Waals surface area contributed by atoms with Crippen molar-refractivity contribution in [3.05, 3.63) is 34.4 Å². The van der Waals surface area contributed by atoms with E-state index in [0.717, 1.165) is 23.1 Å². The normalized spacial score (nSPS) is 45.6. The lowest BCUT2D eigenvalue weighted by atomic mass is 9.38. The van der Waals surface area contributed by atoms with E-state index in [1.54, 1.807) is 0 Å². The maximum Gasteiger partial charge on any atom is 0.251 e. The number of carbonyl (C=O) groups is 2. The summed E-state index contributed by atoms with van der Waals surface area (Å²) in [5, 5.41) is 23.0. The van der Waals surface area contributed by atoms with Gasteiger partial charge in [-0.15, -0.1) is 0 Å². The van der Waals surface area contributed by atoms with Gasteiger partial charge in [-0.1, -0.05) is 55.4 Å². The number of rotatable bonds is 2. The summed E-state index contributed by atoms with van der Waals surface area (Å²) < 4.78 is 28.6. The molecule has 0 radical (unpaired) electrons. The molecule has 8 nitrogen and oxygen atoms in total. The monoisotopic (exact) mass is 660 g/mol. The van der Waals surface area contributed by atoms with Gasteiger partial charge in [-0.05, 0) is 90.7 Å². The van der Waals surface area contributed by atoms with E-state index < -0.39 is 51.9 Å². The summed E-state index contributed by atoms with van der Waals surface area (Å²) >= 11 is 0. The van der Waals surface area contributed by atoms with Crippen LogP contribution in [0.15, 0.2) is 17.7 Å². The van der Waals surface area contributed by atoms with Gasteiger partial charge in [0.05, 0.1) is 36.9 Å². The molecule has 11 rings (SSSR count). The second kappa shape index (κ2) is 9.34. The van der Waals surface area contributed by atoms with Gasteiger partial charge in [0, 0.05) is 22.1 Å². The lowest BCUT2D eigenvalue weighted by Gasteiger charge is -2.74. The van der Waals surface area contributed by atoms with Crippen molar-refractivity contribution in [3.8, 4) is 11.5 Å². The van der Waals surface area contributed by atoms with Crippen molar-refractivity contribution in [2.75, 3.05) is 13.2 Å². The number of allylic oxidation sites excluding steroid dienone is 1. The molecule has 2 N–H and O–H groups in total. The van der Waals surface area contributed by atoms with E-state index in [2.05, 4.69) is 47.6 Å². The number of aliphatic hydroxyl groups is 2. The molecule has 10 aliphatic rings. The van der Waals surface area contributed by atoms with E-state index >= 15 is 4.79 Å². The Labute approximate surface area is 283 Å². The molecule has 3 saturated heterocycles. The van der Waals surface area contributed by atoms with Crippen LogP contribution in [0.3, 0.4) is 0 Å². The van der Waals surface area contributed by atoms with E-state index in [-0.39, 0.29) is 53.6 Å². The predicted molar refractivity (Wildman–Crippen MR) is 177 cm³/mol. The van der Waals surface area contributed by atoms with Crippen LogP contribution in [0.25, 0.3) is 0 Å². The van der Waals surface area contributed by atoms with Gasteiger partial charge in [-0.3, -0.25) is 9.59 Å². The third-order valence-corrected chi connectivity index (χ3v) is 14.7. The molecule has 5 aliphatic carbocycles. The number of fused-ring (bicyclic) bond motifs is 3. The molecule has 0 aromatic heterocycles. The van der Waals surface area contributed by atoms with Crippen LogP contribution in [0.5, 0.6) is 11.5 Å². The fourth-order valence-corrected chi connectivity index (χ4v) is 13.1. The zero-order valence-electron chi connectivity index (χ0n) is 29.8. The van der Waals surface area contributed by atoms with Gasteiger partial charge in [-0.2, -0.15) is 0 Å². The highest BCUT2D eigenvalue weighted by molar-refractivity contribution is 6.48. The Balaban J connectivity index is 1.39. The molecule has 4 bridgehead atoms. The van der Waals surface area contributed by atoms with Gasteiger partial charge >= 0.3 is 0 Å². The van der Waals surface area contributed by atoms with Gasteiger partial charge in [-0.25, -0.2) is 0 Å². The van der Waals surface area contributed by atoms with E-state index in [1.807, 2.05) is 19.9 Å². The zero-order valence-corrected chi connectivity index (χ0v) is 29.8. The zero-order chi connectivity index (χ0) is 34.1. The van der Waals surface area contributed by atoms with Crippen molar-refractivity contribution in [1.29, 1.82) is 0 Å². The SMILES string of the molecule is CC(C)C1=C[C@]23Oc4c(C(C)C)cc5c(c4O[C@@]2(C(=O)C1=O)[C@]12COC3C[C@H]1C(C)(C)C[C@H](O)C2)[C@]12COC5C[C@H]1C(C)(C)C[C@H](O)C2.